The van der Waals surface area contributed by atoms with E-state index in [1.165, 1.54) is 5.56 Å². The molecule has 1 aliphatic heterocycles. The normalized spacial score (nSPS) is 15.6. The molecule has 6 nitrogen and oxygen atoms in total. The van der Waals surface area contributed by atoms with E-state index in [4.69, 9.17) is 4.74 Å². The molecule has 3 amide bonds. The van der Waals surface area contributed by atoms with E-state index < -0.39 is 0 Å². The summed E-state index contributed by atoms with van der Waals surface area (Å²) in [5.41, 5.74) is 2.09. The average Bonchev–Trinajstić information content (AvgIpc) is 2.55. The zero-order valence-electron chi connectivity index (χ0n) is 15.6. The molecule has 2 N–H and O–H groups in total. The van der Waals surface area contributed by atoms with Gasteiger partial charge in [0.15, 0.2) is 0 Å². The monoisotopic (exact) mass is 347 g/mol. The number of hydrogen-bond acceptors (Lipinski definition) is 3. The first-order valence-corrected chi connectivity index (χ1v) is 8.89. The lowest BCUT2D eigenvalue weighted by Gasteiger charge is -2.31. The molecule has 138 valence electrons. The van der Waals surface area contributed by atoms with Crippen LogP contribution in [0.2, 0.25) is 0 Å². The van der Waals surface area contributed by atoms with Crippen molar-refractivity contribution in [1.29, 1.82) is 0 Å². The average molecular weight is 347 g/mol. The summed E-state index contributed by atoms with van der Waals surface area (Å²) in [6.45, 7) is 9.85. The number of rotatable bonds is 3. The highest BCUT2D eigenvalue weighted by atomic mass is 16.6. The minimum atomic E-state index is -0.274. The van der Waals surface area contributed by atoms with Gasteiger partial charge >= 0.3 is 12.1 Å². The molecule has 0 spiro atoms. The molecular weight excluding hydrogens is 318 g/mol. The van der Waals surface area contributed by atoms with E-state index in [2.05, 4.69) is 31.4 Å². The van der Waals surface area contributed by atoms with Crippen molar-refractivity contribution in [2.75, 3.05) is 25.0 Å². The highest BCUT2D eigenvalue weighted by molar-refractivity contribution is 5.89. The van der Waals surface area contributed by atoms with Crippen LogP contribution in [0.15, 0.2) is 24.3 Å². The summed E-state index contributed by atoms with van der Waals surface area (Å²) >= 11 is 0. The van der Waals surface area contributed by atoms with Crippen molar-refractivity contribution in [3.63, 3.8) is 0 Å². The van der Waals surface area contributed by atoms with Crippen molar-refractivity contribution in [3.05, 3.63) is 29.8 Å². The Kier molecular flexibility index (Phi) is 6.28. The third-order valence-electron chi connectivity index (χ3n) is 4.36. The molecule has 1 heterocycles. The lowest BCUT2D eigenvalue weighted by atomic mass is 9.87. The second-order valence-corrected chi connectivity index (χ2v) is 7.39. The number of urea groups is 1. The molecule has 0 aromatic heterocycles. The van der Waals surface area contributed by atoms with E-state index in [1.54, 1.807) is 11.8 Å². The summed E-state index contributed by atoms with van der Waals surface area (Å²) in [5.74, 6) is 0. The van der Waals surface area contributed by atoms with Crippen LogP contribution in [0.1, 0.15) is 46.1 Å². The van der Waals surface area contributed by atoms with E-state index in [1.807, 2.05) is 24.3 Å². The lowest BCUT2D eigenvalue weighted by molar-refractivity contribution is 0.0959. The van der Waals surface area contributed by atoms with Crippen LogP contribution in [0.5, 0.6) is 0 Å². The smallest absolute Gasteiger partial charge is 0.409 e. The Morgan fingerprint density at radius 2 is 1.76 bits per heavy atom. The van der Waals surface area contributed by atoms with Crippen LogP contribution in [0.4, 0.5) is 15.3 Å². The van der Waals surface area contributed by atoms with Gasteiger partial charge in [0.25, 0.3) is 0 Å². The van der Waals surface area contributed by atoms with E-state index >= 15 is 0 Å². The molecule has 0 atom stereocenters. The number of carbonyl (C=O) groups is 2. The lowest BCUT2D eigenvalue weighted by Crippen LogP contribution is -2.47. The van der Waals surface area contributed by atoms with Gasteiger partial charge in [-0.3, -0.25) is 0 Å². The maximum absolute atomic E-state index is 12.2. The molecule has 1 aliphatic rings. The number of nitrogens with one attached hydrogen (secondary N) is 2. The molecule has 6 heteroatoms. The fourth-order valence-corrected chi connectivity index (χ4v) is 2.83. The highest BCUT2D eigenvalue weighted by Gasteiger charge is 2.24. The molecule has 0 aliphatic carbocycles. The van der Waals surface area contributed by atoms with E-state index in [9.17, 15) is 9.59 Å². The fourth-order valence-electron chi connectivity index (χ4n) is 2.83. The Morgan fingerprint density at radius 3 is 2.28 bits per heavy atom. The minimum Gasteiger partial charge on any atom is -0.450 e. The molecule has 0 saturated carbocycles. The number of piperidine rings is 1. The van der Waals surface area contributed by atoms with E-state index in [0.717, 1.165) is 18.5 Å². The Bertz CT molecular complexity index is 585. The number of amides is 3. The van der Waals surface area contributed by atoms with Gasteiger partial charge in [0.2, 0.25) is 0 Å². The fraction of sp³-hybridized carbons (Fsp3) is 0.579. The Labute approximate surface area is 149 Å². The number of carbonyl (C=O) groups excluding carboxylic acids is 2. The van der Waals surface area contributed by atoms with Crippen LogP contribution in [-0.2, 0) is 10.2 Å². The number of hydrogen-bond donors (Lipinski definition) is 2. The van der Waals surface area contributed by atoms with Crippen molar-refractivity contribution in [3.8, 4) is 0 Å². The van der Waals surface area contributed by atoms with E-state index in [-0.39, 0.29) is 23.6 Å². The summed E-state index contributed by atoms with van der Waals surface area (Å²) in [6.07, 6.45) is 1.19. The second kappa shape index (κ2) is 8.23. The summed E-state index contributed by atoms with van der Waals surface area (Å²) in [4.78, 5) is 25.5. The van der Waals surface area contributed by atoms with Gasteiger partial charge in [-0.25, -0.2) is 9.59 Å². The molecule has 1 fully saturated rings. The third kappa shape index (κ3) is 5.66. The van der Waals surface area contributed by atoms with E-state index in [0.29, 0.717) is 19.7 Å². The molecule has 2 rings (SSSR count). The number of ether oxygens (including phenoxy) is 1. The standard InChI is InChI=1S/C19H29N3O3/c1-5-25-18(24)22-12-10-16(11-13-22)21-17(23)20-15-8-6-14(7-9-15)19(2,3)4/h6-9,16H,5,10-13H2,1-4H3,(H2,20,21,23). The maximum atomic E-state index is 12.2. The molecule has 0 bridgehead atoms. The Balaban J connectivity index is 1.78. The quantitative estimate of drug-likeness (QED) is 0.875. The first-order chi connectivity index (χ1) is 11.8. The van der Waals surface area contributed by atoms with Gasteiger partial charge in [-0.05, 0) is 42.9 Å². The topological polar surface area (TPSA) is 70.7 Å². The molecule has 1 aromatic carbocycles. The molecule has 1 saturated heterocycles. The maximum Gasteiger partial charge on any atom is 0.409 e. The zero-order valence-corrected chi connectivity index (χ0v) is 15.6. The number of benzene rings is 1. The van der Waals surface area contributed by atoms with Crippen molar-refractivity contribution in [1.82, 2.24) is 10.2 Å². The molecule has 0 unspecified atom stereocenters. The largest absolute Gasteiger partial charge is 0.450 e. The highest BCUT2D eigenvalue weighted by Crippen LogP contribution is 2.23. The summed E-state index contributed by atoms with van der Waals surface area (Å²) in [7, 11) is 0. The molecular formula is C19H29N3O3. The van der Waals surface area contributed by atoms with Crippen LogP contribution in [0, 0.1) is 0 Å². The molecule has 1 aromatic rings. The SMILES string of the molecule is CCOC(=O)N1CCC(NC(=O)Nc2ccc(C(C)(C)C)cc2)CC1. The van der Waals surface area contributed by atoms with Crippen LogP contribution < -0.4 is 10.6 Å². The summed E-state index contributed by atoms with van der Waals surface area (Å²) in [6, 6.07) is 7.77. The van der Waals surface area contributed by atoms with Gasteiger partial charge in [-0.1, -0.05) is 32.9 Å². The Morgan fingerprint density at radius 1 is 1.16 bits per heavy atom. The minimum absolute atomic E-state index is 0.0690. The predicted octanol–water partition coefficient (Wildman–Crippen LogP) is 3.73. The van der Waals surface area contributed by atoms with Gasteiger partial charge in [0.1, 0.15) is 0 Å². The van der Waals surface area contributed by atoms with Gasteiger partial charge < -0.3 is 20.3 Å². The zero-order chi connectivity index (χ0) is 18.4. The second-order valence-electron chi connectivity index (χ2n) is 7.39. The molecule has 0 radical (unpaired) electrons. The Hall–Kier alpha value is -2.24. The first-order valence-electron chi connectivity index (χ1n) is 8.89. The van der Waals surface area contributed by atoms with Crippen LogP contribution >= 0.6 is 0 Å². The molecule has 25 heavy (non-hydrogen) atoms. The van der Waals surface area contributed by atoms with Crippen molar-refractivity contribution in [2.24, 2.45) is 0 Å². The third-order valence-corrected chi connectivity index (χ3v) is 4.36. The number of nitrogens with zero attached hydrogens (tertiary/aromatic N) is 1. The van der Waals surface area contributed by atoms with Crippen molar-refractivity contribution >= 4 is 17.8 Å². The summed E-state index contributed by atoms with van der Waals surface area (Å²) < 4.78 is 5.00. The van der Waals surface area contributed by atoms with Crippen LogP contribution in [0.3, 0.4) is 0 Å². The van der Waals surface area contributed by atoms with Crippen molar-refractivity contribution < 1.29 is 14.3 Å². The predicted molar refractivity (Wildman–Crippen MR) is 98.9 cm³/mol. The van der Waals surface area contributed by atoms with Crippen molar-refractivity contribution in [2.45, 2.75) is 52.0 Å². The van der Waals surface area contributed by atoms with Gasteiger partial charge in [0.05, 0.1) is 6.61 Å². The van der Waals surface area contributed by atoms with Gasteiger partial charge in [-0.2, -0.15) is 0 Å². The van der Waals surface area contributed by atoms with Crippen LogP contribution in [-0.4, -0.2) is 42.8 Å². The first kappa shape index (κ1) is 19.1. The number of likely N-dealkylation sites (tertiary alicyclic amines) is 1. The van der Waals surface area contributed by atoms with Crippen LogP contribution in [0.25, 0.3) is 0 Å². The summed E-state index contributed by atoms with van der Waals surface area (Å²) in [5, 5.41) is 5.84. The van der Waals surface area contributed by atoms with Gasteiger partial charge in [0, 0.05) is 24.8 Å². The number of anilines is 1. The van der Waals surface area contributed by atoms with Gasteiger partial charge in [-0.15, -0.1) is 0 Å².